The molecule has 0 radical (unpaired) electrons. The van der Waals surface area contributed by atoms with Crippen LogP contribution in [0.5, 0.6) is 17.2 Å². The number of rotatable bonds is 4. The van der Waals surface area contributed by atoms with Gasteiger partial charge in [0.2, 0.25) is 0 Å². The number of para-hydroxylation sites is 1. The highest BCUT2D eigenvalue weighted by Crippen LogP contribution is 2.34. The minimum Gasteiger partial charge on any atom is -0.492 e. The van der Waals surface area contributed by atoms with Crippen molar-refractivity contribution >= 4 is 5.69 Å². The largest absolute Gasteiger partial charge is 0.492 e. The van der Waals surface area contributed by atoms with Gasteiger partial charge in [0, 0.05) is 0 Å². The summed E-state index contributed by atoms with van der Waals surface area (Å²) < 4.78 is 23.7. The standard InChI is InChI=1S/C14H14FNO2/c1-2-17-12-4-3-5-13(14(12)16)18-11-8-6-10(15)7-9-11/h3-9H,2,16H2,1H3. The van der Waals surface area contributed by atoms with Crippen molar-refractivity contribution < 1.29 is 13.9 Å². The Morgan fingerprint density at radius 1 is 1.06 bits per heavy atom. The fourth-order valence-corrected chi connectivity index (χ4v) is 1.52. The maximum absolute atomic E-state index is 12.8. The lowest BCUT2D eigenvalue weighted by Gasteiger charge is -2.12. The van der Waals surface area contributed by atoms with Crippen molar-refractivity contribution in [1.82, 2.24) is 0 Å². The van der Waals surface area contributed by atoms with Gasteiger partial charge >= 0.3 is 0 Å². The van der Waals surface area contributed by atoms with E-state index < -0.39 is 0 Å². The van der Waals surface area contributed by atoms with Crippen molar-refractivity contribution in [3.63, 3.8) is 0 Å². The zero-order valence-electron chi connectivity index (χ0n) is 10.0. The van der Waals surface area contributed by atoms with Crippen LogP contribution < -0.4 is 15.2 Å². The third kappa shape index (κ3) is 2.71. The van der Waals surface area contributed by atoms with Gasteiger partial charge in [-0.3, -0.25) is 0 Å². The molecule has 2 aromatic rings. The van der Waals surface area contributed by atoms with Crippen LogP contribution in [-0.2, 0) is 0 Å². The molecule has 0 aromatic heterocycles. The molecule has 0 fully saturated rings. The lowest BCUT2D eigenvalue weighted by molar-refractivity contribution is 0.340. The van der Waals surface area contributed by atoms with E-state index >= 15 is 0 Å². The zero-order chi connectivity index (χ0) is 13.0. The fourth-order valence-electron chi connectivity index (χ4n) is 1.52. The summed E-state index contributed by atoms with van der Waals surface area (Å²) >= 11 is 0. The normalized spacial score (nSPS) is 10.1. The number of halogens is 1. The Balaban J connectivity index is 2.23. The number of ether oxygens (including phenoxy) is 2. The van der Waals surface area contributed by atoms with E-state index in [0.29, 0.717) is 29.5 Å². The van der Waals surface area contributed by atoms with Crippen molar-refractivity contribution in [3.8, 4) is 17.2 Å². The summed E-state index contributed by atoms with van der Waals surface area (Å²) in [6.45, 7) is 2.41. The SMILES string of the molecule is CCOc1cccc(Oc2ccc(F)cc2)c1N. The highest BCUT2D eigenvalue weighted by atomic mass is 19.1. The van der Waals surface area contributed by atoms with E-state index in [0.717, 1.165) is 0 Å². The maximum atomic E-state index is 12.8. The fraction of sp³-hybridized carbons (Fsp3) is 0.143. The molecule has 0 aliphatic heterocycles. The number of nitrogens with two attached hydrogens (primary N) is 1. The summed E-state index contributed by atoms with van der Waals surface area (Å²) in [4.78, 5) is 0. The van der Waals surface area contributed by atoms with E-state index in [1.165, 1.54) is 12.1 Å². The molecule has 0 amide bonds. The van der Waals surface area contributed by atoms with Gasteiger partial charge < -0.3 is 15.2 Å². The summed E-state index contributed by atoms with van der Waals surface area (Å²) in [5, 5.41) is 0. The van der Waals surface area contributed by atoms with Crippen LogP contribution in [0.4, 0.5) is 10.1 Å². The Morgan fingerprint density at radius 3 is 2.39 bits per heavy atom. The number of hydrogen-bond donors (Lipinski definition) is 1. The first-order valence-corrected chi connectivity index (χ1v) is 5.65. The zero-order valence-corrected chi connectivity index (χ0v) is 10.0. The van der Waals surface area contributed by atoms with Gasteiger partial charge in [0.05, 0.1) is 6.61 Å². The van der Waals surface area contributed by atoms with Crippen molar-refractivity contribution in [2.45, 2.75) is 6.92 Å². The van der Waals surface area contributed by atoms with Gasteiger partial charge in [0.1, 0.15) is 23.0 Å². The molecular formula is C14H14FNO2. The van der Waals surface area contributed by atoms with Crippen LogP contribution in [-0.4, -0.2) is 6.61 Å². The Bertz CT molecular complexity index is 526. The summed E-state index contributed by atoms with van der Waals surface area (Å²) in [6.07, 6.45) is 0. The molecular weight excluding hydrogens is 233 g/mol. The number of benzene rings is 2. The van der Waals surface area contributed by atoms with Crippen molar-refractivity contribution in [2.75, 3.05) is 12.3 Å². The van der Waals surface area contributed by atoms with Crippen molar-refractivity contribution in [1.29, 1.82) is 0 Å². The van der Waals surface area contributed by atoms with E-state index in [9.17, 15) is 4.39 Å². The topological polar surface area (TPSA) is 44.5 Å². The molecule has 2 aromatic carbocycles. The quantitative estimate of drug-likeness (QED) is 0.839. The number of anilines is 1. The minimum atomic E-state index is -0.307. The first-order chi connectivity index (χ1) is 8.70. The molecule has 94 valence electrons. The lowest BCUT2D eigenvalue weighted by Crippen LogP contribution is -1.98. The van der Waals surface area contributed by atoms with Gasteiger partial charge in [0.15, 0.2) is 5.75 Å². The van der Waals surface area contributed by atoms with Crippen LogP contribution >= 0.6 is 0 Å². The van der Waals surface area contributed by atoms with Gasteiger partial charge in [-0.05, 0) is 43.3 Å². The summed E-state index contributed by atoms with van der Waals surface area (Å²) in [5.41, 5.74) is 6.36. The van der Waals surface area contributed by atoms with Gasteiger partial charge in [-0.25, -0.2) is 4.39 Å². The first kappa shape index (κ1) is 12.2. The second kappa shape index (κ2) is 5.40. The smallest absolute Gasteiger partial charge is 0.154 e. The minimum absolute atomic E-state index is 0.307. The molecule has 3 nitrogen and oxygen atoms in total. The number of nitrogen functional groups attached to an aromatic ring is 1. The molecule has 0 unspecified atom stereocenters. The summed E-state index contributed by atoms with van der Waals surface area (Å²) in [5.74, 6) is 1.29. The van der Waals surface area contributed by atoms with Crippen LogP contribution in [0, 0.1) is 5.82 Å². The molecule has 0 aliphatic rings. The summed E-state index contributed by atoms with van der Waals surface area (Å²) in [7, 11) is 0. The highest BCUT2D eigenvalue weighted by Gasteiger charge is 2.07. The monoisotopic (exact) mass is 247 g/mol. The molecule has 2 N–H and O–H groups in total. The Hall–Kier alpha value is -2.23. The van der Waals surface area contributed by atoms with Gasteiger partial charge in [-0.15, -0.1) is 0 Å². The molecule has 0 atom stereocenters. The van der Waals surface area contributed by atoms with Crippen molar-refractivity contribution in [2.24, 2.45) is 0 Å². The average molecular weight is 247 g/mol. The van der Waals surface area contributed by atoms with E-state index in [1.54, 1.807) is 30.3 Å². The third-order valence-corrected chi connectivity index (χ3v) is 2.37. The first-order valence-electron chi connectivity index (χ1n) is 5.65. The molecule has 18 heavy (non-hydrogen) atoms. The molecule has 0 bridgehead atoms. The van der Waals surface area contributed by atoms with E-state index in [-0.39, 0.29) is 5.82 Å². The molecule has 0 spiro atoms. The highest BCUT2D eigenvalue weighted by molar-refractivity contribution is 5.63. The van der Waals surface area contributed by atoms with Gasteiger partial charge in [-0.2, -0.15) is 0 Å². The Kier molecular flexibility index (Phi) is 3.67. The van der Waals surface area contributed by atoms with Crippen molar-refractivity contribution in [3.05, 3.63) is 48.3 Å². The molecule has 0 saturated heterocycles. The maximum Gasteiger partial charge on any atom is 0.154 e. The molecule has 2 rings (SSSR count). The second-order valence-electron chi connectivity index (χ2n) is 3.66. The van der Waals surface area contributed by atoms with E-state index in [4.69, 9.17) is 15.2 Å². The van der Waals surface area contributed by atoms with Crippen LogP contribution in [0.1, 0.15) is 6.92 Å². The molecule has 0 heterocycles. The lowest BCUT2D eigenvalue weighted by atomic mass is 10.2. The van der Waals surface area contributed by atoms with Crippen LogP contribution in [0.2, 0.25) is 0 Å². The number of hydrogen-bond acceptors (Lipinski definition) is 3. The van der Waals surface area contributed by atoms with Crippen LogP contribution in [0.15, 0.2) is 42.5 Å². The van der Waals surface area contributed by atoms with Gasteiger partial charge in [-0.1, -0.05) is 6.07 Å². The molecule has 4 heteroatoms. The Labute approximate surface area is 105 Å². The predicted molar refractivity (Wildman–Crippen MR) is 68.5 cm³/mol. The molecule has 0 saturated carbocycles. The van der Waals surface area contributed by atoms with E-state index in [2.05, 4.69) is 0 Å². The molecule has 0 aliphatic carbocycles. The predicted octanol–water partition coefficient (Wildman–Crippen LogP) is 3.60. The van der Waals surface area contributed by atoms with Crippen LogP contribution in [0.25, 0.3) is 0 Å². The van der Waals surface area contributed by atoms with E-state index in [1.807, 2.05) is 6.92 Å². The van der Waals surface area contributed by atoms with Gasteiger partial charge in [0.25, 0.3) is 0 Å². The van der Waals surface area contributed by atoms with Crippen LogP contribution in [0.3, 0.4) is 0 Å². The second-order valence-corrected chi connectivity index (χ2v) is 3.66. The average Bonchev–Trinajstić information content (AvgIpc) is 2.37. The summed E-state index contributed by atoms with van der Waals surface area (Å²) in [6, 6.07) is 11.1. The third-order valence-electron chi connectivity index (χ3n) is 2.37. The Morgan fingerprint density at radius 2 is 1.72 bits per heavy atom.